The number of morpholine rings is 1. The molecular weight excluding hydrogens is 290 g/mol. The number of hydrogen-bond acceptors (Lipinski definition) is 4. The summed E-state index contributed by atoms with van der Waals surface area (Å²) < 4.78 is 5.97. The van der Waals surface area contributed by atoms with E-state index in [0.29, 0.717) is 11.7 Å². The zero-order valence-electron chi connectivity index (χ0n) is 13.8. The third kappa shape index (κ3) is 3.26. The lowest BCUT2D eigenvalue weighted by atomic mass is 9.98. The van der Waals surface area contributed by atoms with E-state index in [9.17, 15) is 4.79 Å². The van der Waals surface area contributed by atoms with Crippen molar-refractivity contribution in [2.75, 3.05) is 32.8 Å². The van der Waals surface area contributed by atoms with Gasteiger partial charge in [0, 0.05) is 31.9 Å². The van der Waals surface area contributed by atoms with Gasteiger partial charge in [-0.25, -0.2) is 4.98 Å². The Morgan fingerprint density at radius 2 is 2.17 bits per heavy atom. The first-order chi connectivity index (χ1) is 11.2. The molecule has 1 amide bonds. The van der Waals surface area contributed by atoms with E-state index < -0.39 is 0 Å². The molecular formula is C18H25N3O2. The van der Waals surface area contributed by atoms with Crippen molar-refractivity contribution in [3.05, 3.63) is 29.6 Å². The number of fused-ring (bicyclic) bond motifs is 1. The summed E-state index contributed by atoms with van der Waals surface area (Å²) in [6, 6.07) is 6.01. The van der Waals surface area contributed by atoms with Gasteiger partial charge in [-0.15, -0.1) is 0 Å². The zero-order chi connectivity index (χ0) is 15.8. The molecule has 0 N–H and O–H groups in total. The third-order valence-corrected chi connectivity index (χ3v) is 5.28. The van der Waals surface area contributed by atoms with Gasteiger partial charge in [0.15, 0.2) is 0 Å². The SMILES string of the molecule is Cc1cccc(C(=O)N2CC[C@H]3OCCN(CC4CC4)[C@@H]3C2)n1. The summed E-state index contributed by atoms with van der Waals surface area (Å²) in [6.07, 6.45) is 3.95. The number of aromatic nitrogens is 1. The van der Waals surface area contributed by atoms with Crippen LogP contribution in [0.2, 0.25) is 0 Å². The first-order valence-electron chi connectivity index (χ1n) is 8.79. The van der Waals surface area contributed by atoms with E-state index in [-0.39, 0.29) is 12.0 Å². The van der Waals surface area contributed by atoms with E-state index >= 15 is 0 Å². The van der Waals surface area contributed by atoms with Crippen LogP contribution < -0.4 is 0 Å². The van der Waals surface area contributed by atoms with E-state index in [2.05, 4.69) is 9.88 Å². The number of aryl methyl sites for hydroxylation is 1. The number of carbonyl (C=O) groups is 1. The number of pyridine rings is 1. The molecule has 0 unspecified atom stereocenters. The van der Waals surface area contributed by atoms with Crippen LogP contribution in [0.25, 0.3) is 0 Å². The fraction of sp³-hybridized carbons (Fsp3) is 0.667. The van der Waals surface area contributed by atoms with Gasteiger partial charge in [-0.2, -0.15) is 0 Å². The minimum absolute atomic E-state index is 0.0593. The Bertz CT molecular complexity index is 587. The van der Waals surface area contributed by atoms with Gasteiger partial charge in [0.2, 0.25) is 0 Å². The number of carbonyl (C=O) groups excluding carboxylic acids is 1. The van der Waals surface area contributed by atoms with Crippen LogP contribution in [0.5, 0.6) is 0 Å². The van der Waals surface area contributed by atoms with E-state index in [0.717, 1.165) is 44.3 Å². The third-order valence-electron chi connectivity index (χ3n) is 5.28. The van der Waals surface area contributed by atoms with Crippen molar-refractivity contribution >= 4 is 5.91 Å². The second-order valence-electron chi connectivity index (χ2n) is 7.12. The van der Waals surface area contributed by atoms with Gasteiger partial charge in [0.05, 0.1) is 18.8 Å². The Hall–Kier alpha value is -1.46. The van der Waals surface area contributed by atoms with Crippen LogP contribution >= 0.6 is 0 Å². The summed E-state index contributed by atoms with van der Waals surface area (Å²) in [5.41, 5.74) is 1.45. The molecule has 3 heterocycles. The molecule has 1 aliphatic carbocycles. The van der Waals surface area contributed by atoms with Crippen molar-refractivity contribution in [1.29, 1.82) is 0 Å². The first kappa shape index (κ1) is 15.1. The molecule has 0 spiro atoms. The highest BCUT2D eigenvalue weighted by atomic mass is 16.5. The van der Waals surface area contributed by atoms with E-state index in [1.54, 1.807) is 0 Å². The maximum atomic E-state index is 12.8. The van der Waals surface area contributed by atoms with Gasteiger partial charge in [-0.3, -0.25) is 9.69 Å². The standard InChI is InChI=1S/C18H25N3O2/c1-13-3-2-4-15(19-13)18(22)21-8-7-17-16(12-21)20(9-10-23-17)11-14-5-6-14/h2-4,14,16-17H,5-12H2,1H3/t16-,17-/m1/s1. The van der Waals surface area contributed by atoms with E-state index in [4.69, 9.17) is 4.74 Å². The molecule has 1 aromatic rings. The molecule has 0 aromatic carbocycles. The predicted molar refractivity (Wildman–Crippen MR) is 87.3 cm³/mol. The maximum Gasteiger partial charge on any atom is 0.272 e. The highest BCUT2D eigenvalue weighted by Gasteiger charge is 2.40. The second-order valence-corrected chi connectivity index (χ2v) is 7.12. The summed E-state index contributed by atoms with van der Waals surface area (Å²) in [4.78, 5) is 21.7. The minimum atomic E-state index is 0.0593. The summed E-state index contributed by atoms with van der Waals surface area (Å²) in [5, 5.41) is 0. The summed E-state index contributed by atoms with van der Waals surface area (Å²) in [6.45, 7) is 6.48. The lowest BCUT2D eigenvalue weighted by Crippen LogP contribution is -2.61. The van der Waals surface area contributed by atoms with E-state index in [1.165, 1.54) is 19.4 Å². The molecule has 0 radical (unpaired) electrons. The van der Waals surface area contributed by atoms with Crippen LogP contribution in [0, 0.1) is 12.8 Å². The molecule has 5 heteroatoms. The van der Waals surface area contributed by atoms with Crippen LogP contribution in [0.4, 0.5) is 0 Å². The maximum absolute atomic E-state index is 12.8. The van der Waals surface area contributed by atoms with Crippen molar-refractivity contribution < 1.29 is 9.53 Å². The minimum Gasteiger partial charge on any atom is -0.375 e. The summed E-state index contributed by atoms with van der Waals surface area (Å²) in [5.74, 6) is 0.933. The molecule has 2 saturated heterocycles. The number of ether oxygens (including phenoxy) is 1. The fourth-order valence-electron chi connectivity index (χ4n) is 3.81. The lowest BCUT2D eigenvalue weighted by molar-refractivity contribution is -0.0989. The number of hydrogen-bond donors (Lipinski definition) is 0. The number of nitrogens with zero attached hydrogens (tertiary/aromatic N) is 3. The molecule has 2 atom stereocenters. The summed E-state index contributed by atoms with van der Waals surface area (Å²) in [7, 11) is 0. The number of piperidine rings is 1. The monoisotopic (exact) mass is 315 g/mol. The van der Waals surface area contributed by atoms with Crippen LogP contribution in [-0.4, -0.2) is 65.6 Å². The van der Waals surface area contributed by atoms with Crippen molar-refractivity contribution in [3.8, 4) is 0 Å². The predicted octanol–water partition coefficient (Wildman–Crippen LogP) is 1.72. The molecule has 1 aromatic heterocycles. The Morgan fingerprint density at radius 3 is 2.96 bits per heavy atom. The number of amides is 1. The highest BCUT2D eigenvalue weighted by molar-refractivity contribution is 5.92. The number of rotatable bonds is 3. The van der Waals surface area contributed by atoms with Crippen molar-refractivity contribution in [2.24, 2.45) is 5.92 Å². The Balaban J connectivity index is 1.47. The van der Waals surface area contributed by atoms with Crippen molar-refractivity contribution in [1.82, 2.24) is 14.8 Å². The Morgan fingerprint density at radius 1 is 1.30 bits per heavy atom. The molecule has 3 fully saturated rings. The van der Waals surface area contributed by atoms with Crippen LogP contribution in [-0.2, 0) is 4.74 Å². The molecule has 2 aliphatic heterocycles. The Labute approximate surface area is 137 Å². The zero-order valence-corrected chi connectivity index (χ0v) is 13.8. The molecule has 124 valence electrons. The largest absolute Gasteiger partial charge is 0.375 e. The molecule has 3 aliphatic rings. The van der Waals surface area contributed by atoms with Gasteiger partial charge >= 0.3 is 0 Å². The van der Waals surface area contributed by atoms with Crippen molar-refractivity contribution in [3.63, 3.8) is 0 Å². The average molecular weight is 315 g/mol. The normalized spacial score (nSPS) is 28.5. The van der Waals surface area contributed by atoms with Gasteiger partial charge in [-0.05, 0) is 44.2 Å². The van der Waals surface area contributed by atoms with Crippen molar-refractivity contribution in [2.45, 2.75) is 38.3 Å². The fourth-order valence-corrected chi connectivity index (χ4v) is 3.81. The van der Waals surface area contributed by atoms with Crippen LogP contribution in [0.3, 0.4) is 0 Å². The molecule has 1 saturated carbocycles. The summed E-state index contributed by atoms with van der Waals surface area (Å²) >= 11 is 0. The van der Waals surface area contributed by atoms with Gasteiger partial charge in [0.25, 0.3) is 5.91 Å². The highest BCUT2D eigenvalue weighted by Crippen LogP contribution is 2.33. The van der Waals surface area contributed by atoms with Gasteiger partial charge in [0.1, 0.15) is 5.69 Å². The second kappa shape index (κ2) is 6.21. The molecule has 4 rings (SSSR count). The quantitative estimate of drug-likeness (QED) is 0.852. The van der Waals surface area contributed by atoms with E-state index in [1.807, 2.05) is 30.0 Å². The molecule has 5 nitrogen and oxygen atoms in total. The smallest absolute Gasteiger partial charge is 0.272 e. The van der Waals surface area contributed by atoms with Crippen LogP contribution in [0.15, 0.2) is 18.2 Å². The van der Waals surface area contributed by atoms with Gasteiger partial charge < -0.3 is 9.64 Å². The topological polar surface area (TPSA) is 45.7 Å². The molecule has 0 bridgehead atoms. The number of likely N-dealkylation sites (tertiary alicyclic amines) is 1. The first-order valence-corrected chi connectivity index (χ1v) is 8.79. The average Bonchev–Trinajstić information content (AvgIpc) is 3.38. The lowest BCUT2D eigenvalue weighted by Gasteiger charge is -2.47. The Kier molecular flexibility index (Phi) is 4.07. The van der Waals surface area contributed by atoms with Gasteiger partial charge in [-0.1, -0.05) is 6.07 Å². The van der Waals surface area contributed by atoms with Crippen LogP contribution in [0.1, 0.15) is 35.4 Å². The molecule has 23 heavy (non-hydrogen) atoms.